The number of esters is 2. The molecule has 0 aromatic heterocycles. The molecule has 0 unspecified atom stereocenters. The molecule has 0 spiro atoms. The van der Waals surface area contributed by atoms with Crippen LogP contribution in [0, 0.1) is 0 Å². The number of hydrogen-bond acceptors (Lipinski definition) is 4. The van der Waals surface area contributed by atoms with Crippen LogP contribution in [0.1, 0.15) is 13.8 Å². The summed E-state index contributed by atoms with van der Waals surface area (Å²) in [7, 11) is 3.95. The number of nitrogens with zero attached hydrogens (tertiary/aromatic N) is 1. The third kappa shape index (κ3) is 8.15. The lowest BCUT2D eigenvalue weighted by atomic mass is 10.3. The van der Waals surface area contributed by atoms with Gasteiger partial charge in [-0.1, -0.05) is 13.2 Å². The normalized spacial score (nSPS) is 10.7. The van der Waals surface area contributed by atoms with Gasteiger partial charge in [-0.2, -0.15) is 0 Å². The second kappa shape index (κ2) is 7.74. The summed E-state index contributed by atoms with van der Waals surface area (Å²) in [6, 6.07) is 0. The fourth-order valence-electron chi connectivity index (χ4n) is 1.13. The van der Waals surface area contributed by atoms with E-state index >= 15 is 0 Å². The Labute approximate surface area is 115 Å². The Kier molecular flexibility index (Phi) is 7.08. The molecule has 0 aromatic carbocycles. The molecule has 0 amide bonds. The molecule has 0 saturated heterocycles. The van der Waals surface area contributed by atoms with E-state index in [1.807, 2.05) is 14.1 Å². The summed E-state index contributed by atoms with van der Waals surface area (Å²) in [5.41, 5.74) is 0.779. The third-order valence-corrected chi connectivity index (χ3v) is 2.56. The van der Waals surface area contributed by atoms with Crippen molar-refractivity contribution in [1.29, 1.82) is 0 Å². The molecular weight excluding hydrogens is 246 g/mol. The predicted octanol–water partition coefficient (Wildman–Crippen LogP) is 1.30. The van der Waals surface area contributed by atoms with Gasteiger partial charge in [0.2, 0.25) is 0 Å². The van der Waals surface area contributed by atoms with Crippen LogP contribution in [0.15, 0.2) is 24.3 Å². The molecule has 0 radical (unpaired) electrons. The molecule has 0 bridgehead atoms. The van der Waals surface area contributed by atoms with E-state index in [0.29, 0.717) is 41.9 Å². The first kappa shape index (κ1) is 17.4. The SMILES string of the molecule is C=C(C)C(=O)OCC[N+](C)(C)CCOC(=O)C(=C)C. The van der Waals surface area contributed by atoms with Gasteiger partial charge in [-0.05, 0) is 13.8 Å². The molecule has 0 aliphatic heterocycles. The third-order valence-electron chi connectivity index (χ3n) is 2.56. The van der Waals surface area contributed by atoms with Gasteiger partial charge >= 0.3 is 11.9 Å². The number of ether oxygens (including phenoxy) is 2. The first-order valence-electron chi connectivity index (χ1n) is 6.13. The van der Waals surface area contributed by atoms with Crippen molar-refractivity contribution in [3.8, 4) is 0 Å². The summed E-state index contributed by atoms with van der Waals surface area (Å²) in [5.74, 6) is -0.762. The number of quaternary nitrogens is 1. The Morgan fingerprint density at radius 3 is 1.47 bits per heavy atom. The van der Waals surface area contributed by atoms with Gasteiger partial charge in [-0.15, -0.1) is 0 Å². The van der Waals surface area contributed by atoms with Crippen LogP contribution in [-0.4, -0.2) is 56.8 Å². The maximum atomic E-state index is 11.2. The van der Waals surface area contributed by atoms with Crippen molar-refractivity contribution in [2.24, 2.45) is 0 Å². The minimum absolute atomic E-state index is 0.313. The second-order valence-electron chi connectivity index (χ2n) is 5.22. The molecule has 0 aliphatic rings. The van der Waals surface area contributed by atoms with Gasteiger partial charge in [0.25, 0.3) is 0 Å². The zero-order chi connectivity index (χ0) is 15.1. The monoisotopic (exact) mass is 270 g/mol. The molecule has 0 aliphatic carbocycles. The van der Waals surface area contributed by atoms with Crippen LogP contribution >= 0.6 is 0 Å². The molecule has 0 rings (SSSR count). The topological polar surface area (TPSA) is 52.6 Å². The number of carbonyl (C=O) groups is 2. The Bertz CT molecular complexity index is 338. The predicted molar refractivity (Wildman–Crippen MR) is 73.4 cm³/mol. The molecule has 0 atom stereocenters. The maximum absolute atomic E-state index is 11.2. The molecule has 0 N–H and O–H groups in total. The van der Waals surface area contributed by atoms with Crippen molar-refractivity contribution >= 4 is 11.9 Å². The van der Waals surface area contributed by atoms with Crippen LogP contribution in [0.5, 0.6) is 0 Å². The highest BCUT2D eigenvalue weighted by Gasteiger charge is 2.17. The summed E-state index contributed by atoms with van der Waals surface area (Å²) in [6.45, 7) is 12.2. The molecule has 0 aromatic rings. The highest BCUT2D eigenvalue weighted by Crippen LogP contribution is 2.00. The Balaban J connectivity index is 3.92. The fraction of sp³-hybridized carbons (Fsp3) is 0.571. The van der Waals surface area contributed by atoms with E-state index < -0.39 is 0 Å². The van der Waals surface area contributed by atoms with E-state index in [9.17, 15) is 9.59 Å². The minimum atomic E-state index is -0.381. The molecule has 5 heteroatoms. The number of likely N-dealkylation sites (N-methyl/N-ethyl adjacent to an activating group) is 1. The molecule has 5 nitrogen and oxygen atoms in total. The van der Waals surface area contributed by atoms with Gasteiger partial charge in [-0.3, -0.25) is 0 Å². The molecular formula is C14H24NO4+. The highest BCUT2D eigenvalue weighted by molar-refractivity contribution is 5.87. The zero-order valence-corrected chi connectivity index (χ0v) is 12.3. The number of rotatable bonds is 8. The van der Waals surface area contributed by atoms with Crippen molar-refractivity contribution < 1.29 is 23.5 Å². The first-order chi connectivity index (χ1) is 8.65. The smallest absolute Gasteiger partial charge is 0.333 e. The van der Waals surface area contributed by atoms with Gasteiger partial charge in [0, 0.05) is 11.1 Å². The average molecular weight is 270 g/mol. The van der Waals surface area contributed by atoms with Gasteiger partial charge in [0.05, 0.1) is 14.1 Å². The quantitative estimate of drug-likeness (QED) is 0.379. The van der Waals surface area contributed by atoms with Crippen LogP contribution < -0.4 is 0 Å². The lowest BCUT2D eigenvalue weighted by molar-refractivity contribution is -0.890. The maximum Gasteiger partial charge on any atom is 0.333 e. The lowest BCUT2D eigenvalue weighted by Crippen LogP contribution is -2.45. The molecule has 0 saturated carbocycles. The lowest BCUT2D eigenvalue weighted by Gasteiger charge is -2.29. The van der Waals surface area contributed by atoms with Crippen molar-refractivity contribution in [3.05, 3.63) is 24.3 Å². The second-order valence-corrected chi connectivity index (χ2v) is 5.22. The summed E-state index contributed by atoms with van der Waals surface area (Å²) < 4.78 is 10.6. The van der Waals surface area contributed by atoms with E-state index in [1.54, 1.807) is 13.8 Å². The molecule has 19 heavy (non-hydrogen) atoms. The van der Waals surface area contributed by atoms with Gasteiger partial charge < -0.3 is 14.0 Å². The Morgan fingerprint density at radius 1 is 0.895 bits per heavy atom. The van der Waals surface area contributed by atoms with Crippen molar-refractivity contribution in [3.63, 3.8) is 0 Å². The Hall–Kier alpha value is -1.62. The van der Waals surface area contributed by atoms with E-state index in [0.717, 1.165) is 0 Å². The first-order valence-corrected chi connectivity index (χ1v) is 6.13. The minimum Gasteiger partial charge on any atom is -0.456 e. The average Bonchev–Trinajstić information content (AvgIpc) is 2.27. The van der Waals surface area contributed by atoms with Crippen LogP contribution in [0.2, 0.25) is 0 Å². The van der Waals surface area contributed by atoms with Gasteiger partial charge in [0.15, 0.2) is 0 Å². The van der Waals surface area contributed by atoms with Gasteiger partial charge in [-0.25, -0.2) is 9.59 Å². The van der Waals surface area contributed by atoms with Crippen LogP contribution in [0.25, 0.3) is 0 Å². The van der Waals surface area contributed by atoms with E-state index in [2.05, 4.69) is 13.2 Å². The molecule has 108 valence electrons. The number of carbonyl (C=O) groups excluding carboxylic acids is 2. The van der Waals surface area contributed by atoms with E-state index in [4.69, 9.17) is 9.47 Å². The summed E-state index contributed by atoms with van der Waals surface area (Å²) >= 11 is 0. The Morgan fingerprint density at radius 2 is 1.21 bits per heavy atom. The van der Waals surface area contributed by atoms with Crippen LogP contribution in [0.3, 0.4) is 0 Å². The van der Waals surface area contributed by atoms with Gasteiger partial charge in [0.1, 0.15) is 26.3 Å². The largest absolute Gasteiger partial charge is 0.456 e. The van der Waals surface area contributed by atoms with Crippen LogP contribution in [0.4, 0.5) is 0 Å². The van der Waals surface area contributed by atoms with Crippen molar-refractivity contribution in [2.75, 3.05) is 40.4 Å². The molecule has 0 heterocycles. The van der Waals surface area contributed by atoms with E-state index in [-0.39, 0.29) is 11.9 Å². The summed E-state index contributed by atoms with van der Waals surface area (Å²) in [5, 5.41) is 0. The van der Waals surface area contributed by atoms with Crippen molar-refractivity contribution in [2.45, 2.75) is 13.8 Å². The fourth-order valence-corrected chi connectivity index (χ4v) is 1.13. The van der Waals surface area contributed by atoms with Crippen molar-refractivity contribution in [1.82, 2.24) is 0 Å². The zero-order valence-electron chi connectivity index (χ0n) is 12.3. The molecule has 0 fully saturated rings. The number of hydrogen-bond donors (Lipinski definition) is 0. The standard InChI is InChI=1S/C14H24NO4/c1-11(2)13(16)18-9-7-15(5,6)8-10-19-14(17)12(3)4/h1,3,7-10H2,2,4-6H3/q+1. The summed E-state index contributed by atoms with van der Waals surface area (Å²) in [6.07, 6.45) is 0. The van der Waals surface area contributed by atoms with E-state index in [1.165, 1.54) is 0 Å². The summed E-state index contributed by atoms with van der Waals surface area (Å²) in [4.78, 5) is 22.4. The highest BCUT2D eigenvalue weighted by atomic mass is 16.5. The van der Waals surface area contributed by atoms with Crippen LogP contribution in [-0.2, 0) is 19.1 Å².